The Bertz CT molecular complexity index is 811. The van der Waals surface area contributed by atoms with Crippen LogP contribution in [0.5, 0.6) is 11.5 Å². The molecule has 0 spiro atoms. The van der Waals surface area contributed by atoms with Gasteiger partial charge in [0.2, 0.25) is 0 Å². The maximum Gasteiger partial charge on any atom is 0.178 e. The lowest BCUT2D eigenvalue weighted by Crippen LogP contribution is -1.96. The van der Waals surface area contributed by atoms with E-state index in [1.807, 2.05) is 19.1 Å². The summed E-state index contributed by atoms with van der Waals surface area (Å²) < 4.78 is 10.5. The average molecular weight is 284 g/mol. The molecule has 0 aliphatic heterocycles. The summed E-state index contributed by atoms with van der Waals surface area (Å²) in [6.07, 6.45) is 0. The summed E-state index contributed by atoms with van der Waals surface area (Å²) in [4.78, 5) is 12.1. The molecule has 0 bridgehead atoms. The first-order valence-electron chi connectivity index (χ1n) is 6.47. The summed E-state index contributed by atoms with van der Waals surface area (Å²) in [5.41, 5.74) is 9.85. The zero-order valence-corrected chi connectivity index (χ0v) is 12.1. The number of methoxy groups -OCH3 is 2. The number of pyridine rings is 1. The van der Waals surface area contributed by atoms with Crippen LogP contribution in [0.2, 0.25) is 0 Å². The van der Waals surface area contributed by atoms with Gasteiger partial charge in [-0.2, -0.15) is 0 Å². The third-order valence-corrected chi connectivity index (χ3v) is 3.30. The number of nitrogens with one attached hydrogen (secondary N) is 1. The molecule has 6 nitrogen and oxygen atoms in total. The van der Waals surface area contributed by atoms with Crippen molar-refractivity contribution in [1.29, 1.82) is 0 Å². The summed E-state index contributed by atoms with van der Waals surface area (Å²) >= 11 is 0. The number of aryl methyl sites for hydroxylation is 1. The molecular weight excluding hydrogens is 268 g/mol. The largest absolute Gasteiger partial charge is 0.493 e. The number of imidazole rings is 1. The van der Waals surface area contributed by atoms with Crippen molar-refractivity contribution in [2.75, 3.05) is 20.0 Å². The molecule has 0 saturated heterocycles. The Balaban J connectivity index is 2.17. The fraction of sp³-hybridized carbons (Fsp3) is 0.200. The second kappa shape index (κ2) is 4.97. The number of ether oxygens (including phenoxy) is 2. The Labute approximate surface area is 121 Å². The molecule has 0 amide bonds. The Kier molecular flexibility index (Phi) is 3.13. The number of hydrogen-bond donors (Lipinski definition) is 2. The van der Waals surface area contributed by atoms with Crippen LogP contribution in [0.3, 0.4) is 0 Å². The number of rotatable bonds is 3. The lowest BCUT2D eigenvalue weighted by atomic mass is 10.1. The molecule has 3 aromatic rings. The number of nitrogen functional groups attached to an aromatic ring is 1. The minimum atomic E-state index is 0.559. The van der Waals surface area contributed by atoms with Gasteiger partial charge in [0.15, 0.2) is 17.1 Å². The lowest BCUT2D eigenvalue weighted by molar-refractivity contribution is 0.355. The quantitative estimate of drug-likeness (QED) is 0.722. The van der Waals surface area contributed by atoms with Crippen molar-refractivity contribution < 1.29 is 9.47 Å². The number of hydrogen-bond acceptors (Lipinski definition) is 5. The topological polar surface area (TPSA) is 86.0 Å². The number of aromatic amines is 1. The summed E-state index contributed by atoms with van der Waals surface area (Å²) in [5, 5.41) is 0. The molecule has 0 radical (unpaired) electrons. The van der Waals surface area contributed by atoms with E-state index in [0.717, 1.165) is 16.8 Å². The predicted molar refractivity (Wildman–Crippen MR) is 81.6 cm³/mol. The first kappa shape index (κ1) is 13.2. The van der Waals surface area contributed by atoms with Crippen molar-refractivity contribution in [3.63, 3.8) is 0 Å². The van der Waals surface area contributed by atoms with Gasteiger partial charge in [0.1, 0.15) is 5.82 Å². The van der Waals surface area contributed by atoms with Crippen LogP contribution < -0.4 is 15.2 Å². The molecule has 0 unspecified atom stereocenters. The van der Waals surface area contributed by atoms with E-state index >= 15 is 0 Å². The number of fused-ring (bicyclic) bond motifs is 1. The van der Waals surface area contributed by atoms with Crippen molar-refractivity contribution in [2.24, 2.45) is 0 Å². The van der Waals surface area contributed by atoms with E-state index in [0.29, 0.717) is 28.7 Å². The molecule has 0 aliphatic carbocycles. The van der Waals surface area contributed by atoms with Crippen LogP contribution in [0, 0.1) is 6.92 Å². The summed E-state index contributed by atoms with van der Waals surface area (Å²) in [6.45, 7) is 1.93. The molecule has 6 heteroatoms. The molecule has 3 N–H and O–H groups in total. The maximum atomic E-state index is 6.09. The van der Waals surface area contributed by atoms with Gasteiger partial charge >= 0.3 is 0 Å². The average Bonchev–Trinajstić information content (AvgIpc) is 2.89. The van der Waals surface area contributed by atoms with E-state index in [1.54, 1.807) is 26.4 Å². The molecule has 0 atom stereocenters. The highest BCUT2D eigenvalue weighted by Crippen LogP contribution is 2.36. The molecule has 0 saturated carbocycles. The molecule has 2 aromatic heterocycles. The van der Waals surface area contributed by atoms with E-state index in [2.05, 4.69) is 15.0 Å². The molecule has 0 fully saturated rings. The summed E-state index contributed by atoms with van der Waals surface area (Å²) in [5.74, 6) is 1.84. The summed E-state index contributed by atoms with van der Waals surface area (Å²) in [7, 11) is 3.16. The van der Waals surface area contributed by atoms with Gasteiger partial charge in [-0.05, 0) is 25.1 Å². The van der Waals surface area contributed by atoms with E-state index in [9.17, 15) is 0 Å². The van der Waals surface area contributed by atoms with Gasteiger partial charge in [0.25, 0.3) is 0 Å². The number of aromatic nitrogens is 3. The third-order valence-electron chi connectivity index (χ3n) is 3.30. The zero-order valence-electron chi connectivity index (χ0n) is 12.1. The number of H-pyrrole nitrogens is 1. The Morgan fingerprint density at radius 2 is 1.76 bits per heavy atom. The predicted octanol–water partition coefficient (Wildman–Crippen LogP) is 2.53. The maximum absolute atomic E-state index is 6.09. The summed E-state index contributed by atoms with van der Waals surface area (Å²) in [6, 6.07) is 7.41. The van der Waals surface area contributed by atoms with Gasteiger partial charge in [-0.15, -0.1) is 0 Å². The first-order chi connectivity index (χ1) is 10.1. The van der Waals surface area contributed by atoms with Crippen LogP contribution in [0.25, 0.3) is 22.6 Å². The number of nitrogens with two attached hydrogens (primary N) is 1. The van der Waals surface area contributed by atoms with E-state index < -0.39 is 0 Å². The van der Waals surface area contributed by atoms with Gasteiger partial charge in [-0.1, -0.05) is 0 Å². The lowest BCUT2D eigenvalue weighted by Gasteiger charge is -2.11. The smallest absolute Gasteiger partial charge is 0.178 e. The standard InChI is InChI=1S/C15H16N4O2/c1-8-4-5-11-15(17-8)19-14(18-11)9-6-12(20-2)13(21-3)7-10(9)16/h4-7H,16H2,1-3H3,(H,17,18,19). The highest BCUT2D eigenvalue weighted by Gasteiger charge is 2.14. The highest BCUT2D eigenvalue weighted by atomic mass is 16.5. The van der Waals surface area contributed by atoms with Crippen LogP contribution >= 0.6 is 0 Å². The van der Waals surface area contributed by atoms with Crippen LogP contribution in [-0.2, 0) is 0 Å². The van der Waals surface area contributed by atoms with Crippen molar-refractivity contribution >= 4 is 16.9 Å². The molecule has 3 rings (SSSR count). The van der Waals surface area contributed by atoms with Gasteiger partial charge < -0.3 is 20.2 Å². The van der Waals surface area contributed by atoms with Crippen LogP contribution in [0.15, 0.2) is 24.3 Å². The van der Waals surface area contributed by atoms with Gasteiger partial charge in [0, 0.05) is 23.0 Å². The molecule has 1 aromatic carbocycles. The van der Waals surface area contributed by atoms with Gasteiger partial charge in [0.05, 0.1) is 19.7 Å². The Hall–Kier alpha value is -2.76. The van der Waals surface area contributed by atoms with Gasteiger partial charge in [-0.3, -0.25) is 0 Å². The Morgan fingerprint density at radius 3 is 2.48 bits per heavy atom. The van der Waals surface area contributed by atoms with Crippen molar-refractivity contribution in [1.82, 2.24) is 15.0 Å². The third kappa shape index (κ3) is 2.24. The monoisotopic (exact) mass is 284 g/mol. The zero-order chi connectivity index (χ0) is 15.0. The second-order valence-corrected chi connectivity index (χ2v) is 4.70. The van der Waals surface area contributed by atoms with E-state index in [4.69, 9.17) is 15.2 Å². The minimum absolute atomic E-state index is 0.559. The number of benzene rings is 1. The van der Waals surface area contributed by atoms with E-state index in [1.165, 1.54) is 0 Å². The number of anilines is 1. The molecule has 0 aliphatic rings. The van der Waals surface area contributed by atoms with Crippen molar-refractivity contribution in [3.8, 4) is 22.9 Å². The number of nitrogens with zero attached hydrogens (tertiary/aromatic N) is 2. The minimum Gasteiger partial charge on any atom is -0.493 e. The highest BCUT2D eigenvalue weighted by molar-refractivity contribution is 5.82. The SMILES string of the molecule is COc1cc(N)c(-c2nc3nc(C)ccc3[nH]2)cc1OC. The van der Waals surface area contributed by atoms with E-state index in [-0.39, 0.29) is 0 Å². The normalized spacial score (nSPS) is 10.8. The van der Waals surface area contributed by atoms with Crippen molar-refractivity contribution in [2.45, 2.75) is 6.92 Å². The van der Waals surface area contributed by atoms with Gasteiger partial charge in [-0.25, -0.2) is 9.97 Å². The molecular formula is C15H16N4O2. The van der Waals surface area contributed by atoms with Crippen molar-refractivity contribution in [3.05, 3.63) is 30.0 Å². The first-order valence-corrected chi connectivity index (χ1v) is 6.47. The molecule has 108 valence electrons. The van der Waals surface area contributed by atoms with Crippen LogP contribution in [-0.4, -0.2) is 29.2 Å². The fourth-order valence-electron chi connectivity index (χ4n) is 2.21. The molecule has 21 heavy (non-hydrogen) atoms. The molecule has 2 heterocycles. The fourth-order valence-corrected chi connectivity index (χ4v) is 2.21. The van der Waals surface area contributed by atoms with Crippen LogP contribution in [0.4, 0.5) is 5.69 Å². The van der Waals surface area contributed by atoms with Crippen LogP contribution in [0.1, 0.15) is 5.69 Å². The Morgan fingerprint density at radius 1 is 1.05 bits per heavy atom. The second-order valence-electron chi connectivity index (χ2n) is 4.70.